The lowest BCUT2D eigenvalue weighted by Crippen LogP contribution is -2.21. The van der Waals surface area contributed by atoms with E-state index in [1.54, 1.807) is 0 Å². The van der Waals surface area contributed by atoms with Crippen molar-refractivity contribution in [3.63, 3.8) is 0 Å². The average Bonchev–Trinajstić information content (AvgIpc) is 2.77. The van der Waals surface area contributed by atoms with Gasteiger partial charge >= 0.3 is 0 Å². The second-order valence-corrected chi connectivity index (χ2v) is 5.07. The highest BCUT2D eigenvalue weighted by molar-refractivity contribution is 9.10. The normalized spacial score (nSPS) is 9.67. The zero-order valence-corrected chi connectivity index (χ0v) is 12.4. The third kappa shape index (κ3) is 3.78. The van der Waals surface area contributed by atoms with E-state index in [-0.39, 0.29) is 24.9 Å². The average molecular weight is 349 g/mol. The second kappa shape index (κ2) is 6.84. The van der Waals surface area contributed by atoms with E-state index in [9.17, 15) is 4.79 Å². The quantitative estimate of drug-likeness (QED) is 0.896. The van der Waals surface area contributed by atoms with Gasteiger partial charge in [-0.15, -0.1) is 23.7 Å². The van der Waals surface area contributed by atoms with E-state index in [0.717, 1.165) is 15.7 Å². The molecule has 0 saturated heterocycles. The van der Waals surface area contributed by atoms with E-state index in [2.05, 4.69) is 26.2 Å². The smallest absolute Gasteiger partial charge is 0.239 e. The van der Waals surface area contributed by atoms with E-state index >= 15 is 0 Å². The molecule has 2 rings (SSSR count). The van der Waals surface area contributed by atoms with Crippen LogP contribution in [0.3, 0.4) is 0 Å². The van der Waals surface area contributed by atoms with E-state index in [0.29, 0.717) is 5.13 Å². The zero-order chi connectivity index (χ0) is 12.3. The number of hydrogen-bond acceptors (Lipinski definition) is 4. The first-order chi connectivity index (χ1) is 8.19. The number of thiazole rings is 1. The van der Waals surface area contributed by atoms with Crippen molar-refractivity contribution in [2.24, 2.45) is 5.73 Å². The molecule has 18 heavy (non-hydrogen) atoms. The van der Waals surface area contributed by atoms with Gasteiger partial charge in [0.15, 0.2) is 5.13 Å². The molecule has 0 radical (unpaired) electrons. The fourth-order valence-corrected chi connectivity index (χ4v) is 2.42. The van der Waals surface area contributed by atoms with Crippen LogP contribution in [-0.4, -0.2) is 17.4 Å². The number of hydrogen-bond donors (Lipinski definition) is 2. The Bertz CT molecular complexity index is 547. The lowest BCUT2D eigenvalue weighted by Gasteiger charge is -1.98. The summed E-state index contributed by atoms with van der Waals surface area (Å²) in [6, 6.07) is 7.84. The van der Waals surface area contributed by atoms with Gasteiger partial charge in [0, 0.05) is 15.4 Å². The van der Waals surface area contributed by atoms with Gasteiger partial charge in [0.25, 0.3) is 0 Å². The minimum absolute atomic E-state index is 0. The van der Waals surface area contributed by atoms with Crippen molar-refractivity contribution in [1.82, 2.24) is 4.98 Å². The van der Waals surface area contributed by atoms with Crippen molar-refractivity contribution in [3.05, 3.63) is 34.1 Å². The molecule has 0 spiro atoms. The van der Waals surface area contributed by atoms with Crippen LogP contribution in [0.5, 0.6) is 0 Å². The molecule has 7 heteroatoms. The van der Waals surface area contributed by atoms with E-state index in [1.807, 2.05) is 29.6 Å². The monoisotopic (exact) mass is 347 g/mol. The zero-order valence-electron chi connectivity index (χ0n) is 9.22. The molecular weight excluding hydrogens is 338 g/mol. The maximum atomic E-state index is 11.1. The third-order valence-corrected chi connectivity index (χ3v) is 3.31. The first-order valence-corrected chi connectivity index (χ1v) is 6.57. The number of amides is 1. The molecule has 0 bridgehead atoms. The fraction of sp³-hybridized carbons (Fsp3) is 0.0909. The number of nitrogens with one attached hydrogen (secondary N) is 1. The van der Waals surface area contributed by atoms with Crippen LogP contribution >= 0.6 is 39.7 Å². The van der Waals surface area contributed by atoms with Crippen LogP contribution in [0.1, 0.15) is 0 Å². The molecular formula is C11H11BrClN3OS. The van der Waals surface area contributed by atoms with Crippen LogP contribution in [0.2, 0.25) is 0 Å². The van der Waals surface area contributed by atoms with E-state index in [4.69, 9.17) is 5.73 Å². The molecule has 0 saturated carbocycles. The maximum absolute atomic E-state index is 11.1. The summed E-state index contributed by atoms with van der Waals surface area (Å²) in [5.74, 6) is -0.236. The lowest BCUT2D eigenvalue weighted by atomic mass is 10.2. The Kier molecular flexibility index (Phi) is 5.74. The molecule has 1 amide bonds. The minimum atomic E-state index is -0.236. The number of halogens is 2. The number of rotatable bonds is 3. The first kappa shape index (κ1) is 15.1. The molecule has 2 aromatic rings. The van der Waals surface area contributed by atoms with Gasteiger partial charge in [-0.2, -0.15) is 0 Å². The Labute approximate surface area is 123 Å². The Morgan fingerprint density at radius 1 is 1.50 bits per heavy atom. The molecule has 1 heterocycles. The van der Waals surface area contributed by atoms with Crippen LogP contribution in [0.25, 0.3) is 11.3 Å². The van der Waals surface area contributed by atoms with Gasteiger partial charge in [-0.3, -0.25) is 4.79 Å². The van der Waals surface area contributed by atoms with Crippen molar-refractivity contribution in [2.45, 2.75) is 0 Å². The molecule has 0 aliphatic carbocycles. The molecule has 96 valence electrons. The van der Waals surface area contributed by atoms with Crippen LogP contribution in [0, 0.1) is 0 Å². The molecule has 1 aromatic carbocycles. The summed E-state index contributed by atoms with van der Waals surface area (Å²) < 4.78 is 0.996. The lowest BCUT2D eigenvalue weighted by molar-refractivity contribution is -0.114. The van der Waals surface area contributed by atoms with Crippen LogP contribution < -0.4 is 11.1 Å². The highest BCUT2D eigenvalue weighted by Crippen LogP contribution is 2.26. The van der Waals surface area contributed by atoms with Crippen LogP contribution in [0.4, 0.5) is 5.13 Å². The predicted octanol–water partition coefficient (Wildman–Crippen LogP) is 2.89. The maximum Gasteiger partial charge on any atom is 0.239 e. The van der Waals surface area contributed by atoms with Gasteiger partial charge in [-0.1, -0.05) is 28.1 Å². The molecule has 0 unspecified atom stereocenters. The molecule has 3 N–H and O–H groups in total. The summed E-state index contributed by atoms with van der Waals surface area (Å²) in [5.41, 5.74) is 7.06. The number of anilines is 1. The van der Waals surface area contributed by atoms with Gasteiger partial charge < -0.3 is 11.1 Å². The summed E-state index contributed by atoms with van der Waals surface area (Å²) in [4.78, 5) is 15.4. The number of benzene rings is 1. The van der Waals surface area contributed by atoms with Crippen LogP contribution in [0.15, 0.2) is 34.1 Å². The molecule has 4 nitrogen and oxygen atoms in total. The van der Waals surface area contributed by atoms with Gasteiger partial charge in [0.1, 0.15) is 0 Å². The van der Waals surface area contributed by atoms with Gasteiger partial charge in [0.2, 0.25) is 5.91 Å². The third-order valence-electron chi connectivity index (χ3n) is 2.06. The number of nitrogens with two attached hydrogens (primary N) is 1. The van der Waals surface area contributed by atoms with E-state index in [1.165, 1.54) is 11.3 Å². The van der Waals surface area contributed by atoms with Gasteiger partial charge in [-0.25, -0.2) is 4.98 Å². The second-order valence-electron chi connectivity index (χ2n) is 3.30. The van der Waals surface area contributed by atoms with Crippen molar-refractivity contribution >= 4 is 50.7 Å². The van der Waals surface area contributed by atoms with Crippen LogP contribution in [-0.2, 0) is 4.79 Å². The van der Waals surface area contributed by atoms with Crippen molar-refractivity contribution < 1.29 is 4.79 Å². The van der Waals surface area contributed by atoms with Crippen molar-refractivity contribution in [1.29, 1.82) is 0 Å². The van der Waals surface area contributed by atoms with Crippen molar-refractivity contribution in [3.8, 4) is 11.3 Å². The Hall–Kier alpha value is -0.950. The van der Waals surface area contributed by atoms with Gasteiger partial charge in [-0.05, 0) is 12.1 Å². The predicted molar refractivity (Wildman–Crippen MR) is 80.2 cm³/mol. The Morgan fingerprint density at radius 2 is 2.28 bits per heavy atom. The van der Waals surface area contributed by atoms with Crippen molar-refractivity contribution in [2.75, 3.05) is 11.9 Å². The standard InChI is InChI=1S/C11H10BrN3OS.ClH/c12-8-3-1-2-7(4-8)9-6-17-11(14-9)15-10(16)5-13;/h1-4,6H,5,13H2,(H,14,15,16);1H. The highest BCUT2D eigenvalue weighted by atomic mass is 79.9. The number of carbonyl (C=O) groups is 1. The fourth-order valence-electron chi connectivity index (χ4n) is 1.28. The molecule has 0 aliphatic heterocycles. The first-order valence-electron chi connectivity index (χ1n) is 4.90. The number of nitrogens with zero attached hydrogens (tertiary/aromatic N) is 1. The molecule has 0 fully saturated rings. The summed E-state index contributed by atoms with van der Waals surface area (Å²) >= 11 is 4.79. The molecule has 1 aromatic heterocycles. The molecule has 0 aliphatic rings. The van der Waals surface area contributed by atoms with Gasteiger partial charge in [0.05, 0.1) is 12.2 Å². The minimum Gasteiger partial charge on any atom is -0.322 e. The Morgan fingerprint density at radius 3 is 2.94 bits per heavy atom. The summed E-state index contributed by atoms with van der Waals surface area (Å²) in [5, 5.41) is 5.09. The van der Waals surface area contributed by atoms with E-state index < -0.39 is 0 Å². The Balaban J connectivity index is 0.00000162. The largest absolute Gasteiger partial charge is 0.322 e. The summed E-state index contributed by atoms with van der Waals surface area (Å²) in [7, 11) is 0. The number of carbonyl (C=O) groups excluding carboxylic acids is 1. The highest BCUT2D eigenvalue weighted by Gasteiger charge is 2.06. The topological polar surface area (TPSA) is 68.0 Å². The number of aromatic nitrogens is 1. The summed E-state index contributed by atoms with van der Waals surface area (Å²) in [6.07, 6.45) is 0. The molecule has 0 atom stereocenters. The summed E-state index contributed by atoms with van der Waals surface area (Å²) in [6.45, 7) is -0.0359. The SMILES string of the molecule is Cl.NCC(=O)Nc1nc(-c2cccc(Br)c2)cs1.